The smallest absolute Gasteiger partial charge is 0.179 e. The van der Waals surface area contributed by atoms with Crippen LogP contribution in [0.4, 0.5) is 0 Å². The Hall–Kier alpha value is -2.20. The minimum Gasteiger partial charge on any atom is -0.464 e. The number of furan rings is 1. The minimum atomic E-state index is -1.34. The molecule has 0 saturated heterocycles. The zero-order valence-electron chi connectivity index (χ0n) is 11.5. The van der Waals surface area contributed by atoms with Gasteiger partial charge in [-0.1, -0.05) is 36.4 Å². The molecule has 4 heteroatoms. The summed E-state index contributed by atoms with van der Waals surface area (Å²) in [5, 5.41) is 0.768. The van der Waals surface area contributed by atoms with Gasteiger partial charge in [-0.05, 0) is 24.6 Å². The minimum absolute atomic E-state index is 0.0334. The van der Waals surface area contributed by atoms with Crippen molar-refractivity contribution in [3.8, 4) is 0 Å². The van der Waals surface area contributed by atoms with E-state index in [1.807, 2.05) is 49.4 Å². The van der Waals surface area contributed by atoms with Crippen LogP contribution in [0.1, 0.15) is 15.9 Å². The van der Waals surface area contributed by atoms with Crippen molar-refractivity contribution in [3.63, 3.8) is 0 Å². The Morgan fingerprint density at radius 1 is 1.10 bits per heavy atom. The first kappa shape index (κ1) is 13.8. The van der Waals surface area contributed by atoms with Crippen LogP contribution in [0, 0.1) is 6.92 Å². The summed E-state index contributed by atoms with van der Waals surface area (Å²) in [6.07, 6.45) is 1.45. The number of rotatable bonds is 4. The van der Waals surface area contributed by atoms with Gasteiger partial charge in [-0.3, -0.25) is 9.00 Å². The number of hydrogen-bond donors (Lipinski definition) is 0. The van der Waals surface area contributed by atoms with Crippen molar-refractivity contribution in [1.82, 2.24) is 0 Å². The molecule has 3 aromatic rings. The molecule has 1 aromatic heterocycles. The summed E-state index contributed by atoms with van der Waals surface area (Å²) in [6.45, 7) is 1.89. The normalized spacial score (nSPS) is 12.4. The van der Waals surface area contributed by atoms with Gasteiger partial charge in [0.05, 0.1) is 22.1 Å². The van der Waals surface area contributed by atoms with E-state index in [0.29, 0.717) is 16.0 Å². The van der Waals surface area contributed by atoms with Gasteiger partial charge >= 0.3 is 0 Å². The van der Waals surface area contributed by atoms with E-state index in [4.69, 9.17) is 4.42 Å². The van der Waals surface area contributed by atoms with Gasteiger partial charge in [-0.2, -0.15) is 0 Å². The Balaban J connectivity index is 1.87. The van der Waals surface area contributed by atoms with Crippen LogP contribution in [-0.4, -0.2) is 15.7 Å². The standard InChI is InChI=1S/C17H14O3S/c1-12-6-2-5-9-17(12)21(19)11-15(18)14-10-20-16-8-4-3-7-13(14)16/h2-10H,11H2,1H3. The number of ketones is 1. The first-order valence-electron chi connectivity index (χ1n) is 6.60. The Labute approximate surface area is 125 Å². The quantitative estimate of drug-likeness (QED) is 0.689. The van der Waals surface area contributed by atoms with E-state index in [2.05, 4.69) is 0 Å². The third-order valence-electron chi connectivity index (χ3n) is 3.38. The first-order valence-corrected chi connectivity index (χ1v) is 7.92. The number of para-hydroxylation sites is 1. The van der Waals surface area contributed by atoms with Crippen LogP contribution < -0.4 is 0 Å². The van der Waals surface area contributed by atoms with E-state index in [1.165, 1.54) is 6.26 Å². The van der Waals surface area contributed by atoms with Gasteiger partial charge in [0.2, 0.25) is 0 Å². The molecule has 0 N–H and O–H groups in total. The fourth-order valence-corrected chi connectivity index (χ4v) is 3.49. The lowest BCUT2D eigenvalue weighted by molar-refractivity contribution is 0.102. The summed E-state index contributed by atoms with van der Waals surface area (Å²) < 4.78 is 17.7. The van der Waals surface area contributed by atoms with Gasteiger partial charge in [0.15, 0.2) is 5.78 Å². The largest absolute Gasteiger partial charge is 0.464 e. The summed E-state index contributed by atoms with van der Waals surface area (Å²) in [5.74, 6) is -0.199. The molecule has 2 aromatic carbocycles. The number of hydrogen-bond acceptors (Lipinski definition) is 3. The van der Waals surface area contributed by atoms with Gasteiger partial charge in [0.25, 0.3) is 0 Å². The molecule has 0 radical (unpaired) electrons. The lowest BCUT2D eigenvalue weighted by Crippen LogP contribution is -2.11. The van der Waals surface area contributed by atoms with E-state index in [1.54, 1.807) is 6.07 Å². The maximum Gasteiger partial charge on any atom is 0.179 e. The van der Waals surface area contributed by atoms with Gasteiger partial charge in [0, 0.05) is 10.3 Å². The van der Waals surface area contributed by atoms with Gasteiger partial charge < -0.3 is 4.42 Å². The Bertz CT molecular complexity index is 833. The third-order valence-corrected chi connectivity index (χ3v) is 4.86. The summed E-state index contributed by atoms with van der Waals surface area (Å²) in [4.78, 5) is 13.1. The number of aryl methyl sites for hydroxylation is 1. The van der Waals surface area contributed by atoms with Crippen LogP contribution in [0.5, 0.6) is 0 Å². The highest BCUT2D eigenvalue weighted by Crippen LogP contribution is 2.22. The molecule has 3 rings (SSSR count). The number of carbonyl (C=O) groups excluding carboxylic acids is 1. The van der Waals surface area contributed by atoms with Crippen LogP contribution in [-0.2, 0) is 10.8 Å². The summed E-state index contributed by atoms with van der Waals surface area (Å²) in [7, 11) is -1.34. The van der Waals surface area contributed by atoms with E-state index >= 15 is 0 Å². The van der Waals surface area contributed by atoms with E-state index in [0.717, 1.165) is 10.9 Å². The molecular weight excluding hydrogens is 284 g/mol. The molecule has 1 unspecified atom stereocenters. The second-order valence-corrected chi connectivity index (χ2v) is 6.24. The molecule has 1 atom stereocenters. The second kappa shape index (κ2) is 5.66. The van der Waals surface area contributed by atoms with Crippen molar-refractivity contribution >= 4 is 27.6 Å². The van der Waals surface area contributed by atoms with Crippen molar-refractivity contribution in [2.45, 2.75) is 11.8 Å². The van der Waals surface area contributed by atoms with Crippen molar-refractivity contribution < 1.29 is 13.4 Å². The van der Waals surface area contributed by atoms with Gasteiger partial charge in [-0.25, -0.2) is 0 Å². The van der Waals surface area contributed by atoms with Crippen LogP contribution in [0.2, 0.25) is 0 Å². The zero-order valence-corrected chi connectivity index (χ0v) is 12.4. The molecule has 0 aliphatic heterocycles. The fraction of sp³-hybridized carbons (Fsp3) is 0.118. The monoisotopic (exact) mass is 298 g/mol. The molecule has 0 saturated carbocycles. The molecule has 1 heterocycles. The molecule has 3 nitrogen and oxygen atoms in total. The zero-order chi connectivity index (χ0) is 14.8. The SMILES string of the molecule is Cc1ccccc1S(=O)CC(=O)c1coc2ccccc12. The van der Waals surface area contributed by atoms with Crippen molar-refractivity contribution in [2.24, 2.45) is 0 Å². The van der Waals surface area contributed by atoms with E-state index in [9.17, 15) is 9.00 Å². The number of Topliss-reactive ketones (excluding diaryl/α,β-unsaturated/α-hetero) is 1. The highest BCUT2D eigenvalue weighted by atomic mass is 32.2. The molecule has 0 aliphatic carbocycles. The van der Waals surface area contributed by atoms with E-state index < -0.39 is 10.8 Å². The third kappa shape index (κ3) is 2.67. The lowest BCUT2D eigenvalue weighted by Gasteiger charge is -2.04. The number of fused-ring (bicyclic) bond motifs is 1. The second-order valence-electron chi connectivity index (χ2n) is 4.82. The molecule has 0 aliphatic rings. The molecular formula is C17H14O3S. The number of benzene rings is 2. The molecule has 0 spiro atoms. The van der Waals surface area contributed by atoms with Crippen LogP contribution >= 0.6 is 0 Å². The lowest BCUT2D eigenvalue weighted by atomic mass is 10.1. The highest BCUT2D eigenvalue weighted by Gasteiger charge is 2.17. The highest BCUT2D eigenvalue weighted by molar-refractivity contribution is 7.85. The first-order chi connectivity index (χ1) is 10.2. The molecule has 0 fully saturated rings. The van der Waals surface area contributed by atoms with Crippen LogP contribution in [0.25, 0.3) is 11.0 Å². The molecule has 0 amide bonds. The predicted molar refractivity (Wildman–Crippen MR) is 83.0 cm³/mol. The Kier molecular flexibility index (Phi) is 3.71. The summed E-state index contributed by atoms with van der Waals surface area (Å²) in [6, 6.07) is 14.8. The average Bonchev–Trinajstić information content (AvgIpc) is 2.91. The number of carbonyl (C=O) groups is 1. The molecule has 0 bridgehead atoms. The van der Waals surface area contributed by atoms with Gasteiger partial charge in [-0.15, -0.1) is 0 Å². The summed E-state index contributed by atoms with van der Waals surface area (Å²) in [5.41, 5.74) is 2.09. The van der Waals surface area contributed by atoms with Crippen LogP contribution in [0.15, 0.2) is 64.1 Å². The Morgan fingerprint density at radius 3 is 2.62 bits per heavy atom. The molecule has 21 heavy (non-hydrogen) atoms. The maximum atomic E-state index is 12.4. The van der Waals surface area contributed by atoms with Crippen molar-refractivity contribution in [1.29, 1.82) is 0 Å². The average molecular weight is 298 g/mol. The Morgan fingerprint density at radius 2 is 1.81 bits per heavy atom. The predicted octanol–water partition coefficient (Wildman–Crippen LogP) is 3.73. The van der Waals surface area contributed by atoms with E-state index in [-0.39, 0.29) is 11.5 Å². The van der Waals surface area contributed by atoms with Gasteiger partial charge in [0.1, 0.15) is 11.8 Å². The fourth-order valence-electron chi connectivity index (χ4n) is 2.28. The maximum absolute atomic E-state index is 12.4. The molecule has 106 valence electrons. The summed E-state index contributed by atoms with van der Waals surface area (Å²) >= 11 is 0. The topological polar surface area (TPSA) is 47.3 Å². The van der Waals surface area contributed by atoms with Crippen LogP contribution in [0.3, 0.4) is 0 Å². The van der Waals surface area contributed by atoms with Crippen molar-refractivity contribution in [2.75, 3.05) is 5.75 Å². The van der Waals surface area contributed by atoms with Crippen molar-refractivity contribution in [3.05, 3.63) is 65.9 Å².